The van der Waals surface area contributed by atoms with Crippen molar-refractivity contribution in [2.24, 2.45) is 0 Å². The van der Waals surface area contributed by atoms with Crippen LogP contribution in [0, 0.1) is 0 Å². The lowest BCUT2D eigenvalue weighted by Gasteiger charge is -2.32. The van der Waals surface area contributed by atoms with Gasteiger partial charge in [0.15, 0.2) is 5.65 Å². The molecule has 2 atom stereocenters. The number of urea groups is 1. The van der Waals surface area contributed by atoms with Gasteiger partial charge in [-0.1, -0.05) is 45.0 Å². The molecule has 0 radical (unpaired) electrons. The highest BCUT2D eigenvalue weighted by atomic mass is 16.5. The summed E-state index contributed by atoms with van der Waals surface area (Å²) in [5.41, 5.74) is 3.11. The van der Waals surface area contributed by atoms with Gasteiger partial charge in [-0.05, 0) is 76.6 Å². The molecular weight excluding hydrogens is 608 g/mol. The molecule has 0 fully saturated rings. The summed E-state index contributed by atoms with van der Waals surface area (Å²) in [5.74, 6) is 1.55. The maximum absolute atomic E-state index is 13.4. The molecule has 256 valence electrons. The van der Waals surface area contributed by atoms with E-state index in [9.17, 15) is 9.59 Å². The lowest BCUT2D eigenvalue weighted by molar-refractivity contribution is 0.0940. The molecule has 0 aliphatic heterocycles. The summed E-state index contributed by atoms with van der Waals surface area (Å²) < 4.78 is 8.56. The van der Waals surface area contributed by atoms with Crippen molar-refractivity contribution in [3.63, 3.8) is 0 Å². The molecule has 4 N–H and O–H groups in total. The monoisotopic (exact) mass is 656 g/mol. The Bertz CT molecular complexity index is 1710. The zero-order valence-electron chi connectivity index (χ0n) is 28.8. The van der Waals surface area contributed by atoms with Crippen LogP contribution in [0.5, 0.6) is 5.75 Å². The van der Waals surface area contributed by atoms with Crippen molar-refractivity contribution in [2.75, 3.05) is 46.1 Å². The van der Waals surface area contributed by atoms with Crippen molar-refractivity contribution < 1.29 is 14.3 Å². The van der Waals surface area contributed by atoms with Gasteiger partial charge in [-0.3, -0.25) is 14.5 Å². The minimum atomic E-state index is -0.410. The van der Waals surface area contributed by atoms with Crippen LogP contribution in [0.2, 0.25) is 0 Å². The fourth-order valence-corrected chi connectivity index (χ4v) is 5.71. The number of carbonyl (C=O) groups excluding carboxylic acids is 2. The van der Waals surface area contributed by atoms with E-state index in [1.807, 2.05) is 87.7 Å². The van der Waals surface area contributed by atoms with E-state index < -0.39 is 6.03 Å². The van der Waals surface area contributed by atoms with Crippen LogP contribution in [0.15, 0.2) is 48.7 Å². The van der Waals surface area contributed by atoms with Crippen LogP contribution in [0.4, 0.5) is 10.6 Å². The maximum Gasteiger partial charge on any atom is 0.320 e. The Kier molecular flexibility index (Phi) is 11.2. The van der Waals surface area contributed by atoms with E-state index in [-0.39, 0.29) is 35.1 Å². The average molecular weight is 657 g/mol. The fourth-order valence-electron chi connectivity index (χ4n) is 5.71. The highest BCUT2D eigenvalue weighted by Gasteiger charge is 2.30. The molecule has 3 amide bonds. The molecule has 48 heavy (non-hydrogen) atoms. The largest absolute Gasteiger partial charge is 0.484 e. The van der Waals surface area contributed by atoms with Gasteiger partial charge >= 0.3 is 6.03 Å². The van der Waals surface area contributed by atoms with Gasteiger partial charge in [0.05, 0.1) is 17.9 Å². The fraction of sp³-hybridized carbons (Fsp3) is 0.486. The summed E-state index contributed by atoms with van der Waals surface area (Å²) in [6, 6.07) is 13.0. The Morgan fingerprint density at radius 2 is 1.79 bits per heavy atom. The third-order valence-corrected chi connectivity index (χ3v) is 8.33. The van der Waals surface area contributed by atoms with E-state index >= 15 is 0 Å². The van der Waals surface area contributed by atoms with Gasteiger partial charge in [-0.25, -0.2) is 14.8 Å². The Morgan fingerprint density at radius 1 is 1.00 bits per heavy atom. The van der Waals surface area contributed by atoms with Crippen molar-refractivity contribution in [3.8, 4) is 5.75 Å². The molecule has 0 bridgehead atoms. The molecule has 5 rings (SSSR count). The van der Waals surface area contributed by atoms with Crippen LogP contribution in [0.1, 0.15) is 91.9 Å². The first-order chi connectivity index (χ1) is 23.0. The summed E-state index contributed by atoms with van der Waals surface area (Å²) in [7, 11) is 5.83. The minimum absolute atomic E-state index is 0.0186. The topological polar surface area (TPSA) is 151 Å². The molecule has 0 unspecified atom stereocenters. The van der Waals surface area contributed by atoms with Gasteiger partial charge < -0.3 is 25.6 Å². The van der Waals surface area contributed by atoms with Gasteiger partial charge in [0.25, 0.3) is 5.91 Å². The quantitative estimate of drug-likeness (QED) is 0.153. The molecule has 1 aliphatic rings. The Labute approximate surface area is 282 Å². The second kappa shape index (κ2) is 15.5. The van der Waals surface area contributed by atoms with Gasteiger partial charge in [0, 0.05) is 31.0 Å². The standard InChI is InChI=1S/C35H48N10O3/c1-35(2,3)28-21-29(40-32(39-28)33(46)37-19-20-44(5)6)41-34(47)38-26-15-16-27(25-12-8-7-11-24(25)26)48-23-14-17-31-43-42-30(45(31)22-23)13-9-10-18-36-4/h7-8,11-12,14,17,21-22,26-27,36H,9-10,13,15-16,18-20H2,1-6H3,(H,37,46)(H2,38,39,40,41,47)/t26-,27+/m0/s1. The molecule has 3 heterocycles. The van der Waals surface area contributed by atoms with E-state index in [2.05, 4.69) is 47.5 Å². The minimum Gasteiger partial charge on any atom is -0.484 e. The first kappa shape index (κ1) is 34.7. The molecule has 1 aliphatic carbocycles. The Hall–Kier alpha value is -4.62. The van der Waals surface area contributed by atoms with E-state index in [1.165, 1.54) is 0 Å². The average Bonchev–Trinajstić information content (AvgIpc) is 3.45. The normalized spacial score (nSPS) is 16.1. The van der Waals surface area contributed by atoms with Crippen LogP contribution in [-0.4, -0.2) is 82.2 Å². The SMILES string of the molecule is CNCCCCc1nnc2ccc(O[C@@H]3CC[C@H](NC(=O)Nc4cc(C(C)(C)C)nc(C(=O)NCCN(C)C)n4)c4ccccc43)cn12. The number of hydrogen-bond donors (Lipinski definition) is 4. The number of hydrogen-bond acceptors (Lipinski definition) is 9. The van der Waals surface area contributed by atoms with Gasteiger partial charge in [0.1, 0.15) is 23.5 Å². The Balaban J connectivity index is 1.27. The van der Waals surface area contributed by atoms with Crippen LogP contribution < -0.4 is 26.0 Å². The molecule has 13 nitrogen and oxygen atoms in total. The van der Waals surface area contributed by atoms with Crippen molar-refractivity contribution in [1.82, 2.24) is 45.4 Å². The van der Waals surface area contributed by atoms with Crippen LogP contribution in [0.25, 0.3) is 5.65 Å². The number of anilines is 1. The van der Waals surface area contributed by atoms with Crippen LogP contribution >= 0.6 is 0 Å². The number of rotatable bonds is 13. The third kappa shape index (κ3) is 8.84. The number of nitrogens with zero attached hydrogens (tertiary/aromatic N) is 6. The number of likely N-dealkylation sites (N-methyl/N-ethyl adjacent to an activating group) is 1. The van der Waals surface area contributed by atoms with Gasteiger partial charge in [0.2, 0.25) is 5.82 Å². The van der Waals surface area contributed by atoms with Gasteiger partial charge in [-0.15, -0.1) is 10.2 Å². The number of benzene rings is 1. The summed E-state index contributed by atoms with van der Waals surface area (Å²) in [4.78, 5) is 37.1. The first-order valence-corrected chi connectivity index (χ1v) is 16.7. The molecule has 1 aromatic carbocycles. The highest BCUT2D eigenvalue weighted by Crippen LogP contribution is 2.39. The molecule has 0 spiro atoms. The summed E-state index contributed by atoms with van der Waals surface area (Å²) in [6.07, 6.45) is 6.10. The maximum atomic E-state index is 13.4. The predicted octanol–water partition coefficient (Wildman–Crippen LogP) is 4.43. The second-order valence-corrected chi connectivity index (χ2v) is 13.5. The summed E-state index contributed by atoms with van der Waals surface area (Å²) in [6.45, 7) is 8.11. The molecule has 0 saturated heterocycles. The molecule has 0 saturated carbocycles. The smallest absolute Gasteiger partial charge is 0.320 e. The highest BCUT2D eigenvalue weighted by molar-refractivity contribution is 5.92. The number of ether oxygens (including phenoxy) is 1. The second-order valence-electron chi connectivity index (χ2n) is 13.5. The van der Waals surface area contributed by atoms with Gasteiger partial charge in [-0.2, -0.15) is 0 Å². The molecular formula is C35H48N10O3. The van der Waals surface area contributed by atoms with Crippen molar-refractivity contribution in [3.05, 3.63) is 77.1 Å². The van der Waals surface area contributed by atoms with E-state index in [1.54, 1.807) is 6.07 Å². The number of unbranched alkanes of at least 4 members (excludes halogenated alkanes) is 1. The number of pyridine rings is 1. The number of amides is 3. The van der Waals surface area contributed by atoms with Crippen molar-refractivity contribution >= 4 is 23.4 Å². The Morgan fingerprint density at radius 3 is 2.54 bits per heavy atom. The first-order valence-electron chi connectivity index (χ1n) is 16.7. The predicted molar refractivity (Wildman–Crippen MR) is 185 cm³/mol. The summed E-state index contributed by atoms with van der Waals surface area (Å²) >= 11 is 0. The zero-order valence-corrected chi connectivity index (χ0v) is 28.8. The molecule has 4 aromatic rings. The van der Waals surface area contributed by atoms with Crippen molar-refractivity contribution in [1.29, 1.82) is 0 Å². The van der Waals surface area contributed by atoms with E-state index in [0.29, 0.717) is 31.6 Å². The van der Waals surface area contributed by atoms with Crippen LogP contribution in [-0.2, 0) is 11.8 Å². The molecule has 3 aromatic heterocycles. The third-order valence-electron chi connectivity index (χ3n) is 8.33. The van der Waals surface area contributed by atoms with Crippen molar-refractivity contribution in [2.45, 2.75) is 70.4 Å². The zero-order chi connectivity index (χ0) is 34.3. The van der Waals surface area contributed by atoms with E-state index in [0.717, 1.165) is 54.2 Å². The lowest BCUT2D eigenvalue weighted by atomic mass is 9.85. The molecule has 13 heteroatoms. The summed E-state index contributed by atoms with van der Waals surface area (Å²) in [5, 5.41) is 20.7. The van der Waals surface area contributed by atoms with Crippen LogP contribution in [0.3, 0.4) is 0 Å². The number of fused-ring (bicyclic) bond motifs is 2. The number of aryl methyl sites for hydroxylation is 1. The number of carbonyl (C=O) groups is 2. The number of aromatic nitrogens is 5. The lowest BCUT2D eigenvalue weighted by Crippen LogP contribution is -2.36. The van der Waals surface area contributed by atoms with E-state index in [4.69, 9.17) is 4.74 Å². The number of nitrogens with one attached hydrogen (secondary N) is 4.